The van der Waals surface area contributed by atoms with E-state index in [1.54, 1.807) is 18.6 Å². The highest BCUT2D eigenvalue weighted by atomic mass is 32.2. The molecular weight excluding hydrogens is 208 g/mol. The first-order valence-electron chi connectivity index (χ1n) is 5.11. The molecule has 2 atom stereocenters. The van der Waals surface area contributed by atoms with Crippen LogP contribution in [0.1, 0.15) is 12.5 Å². The summed E-state index contributed by atoms with van der Waals surface area (Å²) in [6.45, 7) is 2.98. The molecule has 0 aromatic carbocycles. The van der Waals surface area contributed by atoms with Crippen LogP contribution in [0, 0.1) is 0 Å². The number of nitrogens with one attached hydrogen (secondary N) is 1. The zero-order valence-electron chi connectivity index (χ0n) is 9.27. The molecule has 4 heteroatoms. The van der Waals surface area contributed by atoms with Gasteiger partial charge in [0.1, 0.15) is 0 Å². The second kappa shape index (κ2) is 6.69. The summed E-state index contributed by atoms with van der Waals surface area (Å²) in [6, 6.07) is 4.35. The van der Waals surface area contributed by atoms with Gasteiger partial charge in [0.2, 0.25) is 0 Å². The summed E-state index contributed by atoms with van der Waals surface area (Å²) in [5, 5.41) is 3.35. The minimum absolute atomic E-state index is 0.317. The zero-order valence-corrected chi connectivity index (χ0v) is 10.1. The average molecular weight is 226 g/mol. The molecule has 1 heterocycles. The van der Waals surface area contributed by atoms with Crippen molar-refractivity contribution < 1.29 is 4.21 Å². The quantitative estimate of drug-likeness (QED) is 0.786. The molecule has 0 saturated heterocycles. The largest absolute Gasteiger partial charge is 0.313 e. The van der Waals surface area contributed by atoms with Gasteiger partial charge >= 0.3 is 0 Å². The first-order chi connectivity index (χ1) is 7.18. The second-order valence-corrected chi connectivity index (χ2v) is 5.18. The van der Waals surface area contributed by atoms with Crippen molar-refractivity contribution in [3.8, 4) is 0 Å². The van der Waals surface area contributed by atoms with Crippen LogP contribution < -0.4 is 5.32 Å². The molecular formula is C11H18N2OS. The fourth-order valence-corrected chi connectivity index (χ4v) is 2.25. The maximum atomic E-state index is 11.0. The van der Waals surface area contributed by atoms with Crippen molar-refractivity contribution in [3.05, 3.63) is 30.1 Å². The van der Waals surface area contributed by atoms with Gasteiger partial charge < -0.3 is 5.32 Å². The lowest BCUT2D eigenvalue weighted by Gasteiger charge is -2.11. The zero-order chi connectivity index (χ0) is 11.1. The third-order valence-corrected chi connectivity index (χ3v) is 3.11. The van der Waals surface area contributed by atoms with Crippen LogP contribution >= 0.6 is 0 Å². The van der Waals surface area contributed by atoms with Gasteiger partial charge in [-0.1, -0.05) is 0 Å². The predicted molar refractivity (Wildman–Crippen MR) is 64.3 cm³/mol. The van der Waals surface area contributed by atoms with Gasteiger partial charge in [0.05, 0.1) is 0 Å². The van der Waals surface area contributed by atoms with Crippen molar-refractivity contribution >= 4 is 10.8 Å². The fourth-order valence-electron chi connectivity index (χ4n) is 1.42. The summed E-state index contributed by atoms with van der Waals surface area (Å²) in [5.74, 6) is 0.719. The fraction of sp³-hybridized carbons (Fsp3) is 0.545. The Morgan fingerprint density at radius 1 is 1.47 bits per heavy atom. The molecule has 2 unspecified atom stereocenters. The van der Waals surface area contributed by atoms with E-state index in [0.717, 1.165) is 18.7 Å². The van der Waals surface area contributed by atoms with E-state index in [2.05, 4.69) is 17.2 Å². The molecule has 0 radical (unpaired) electrons. The van der Waals surface area contributed by atoms with Crippen LogP contribution in [0.2, 0.25) is 0 Å². The molecule has 0 spiro atoms. The lowest BCUT2D eigenvalue weighted by Crippen LogP contribution is -2.32. The molecule has 0 amide bonds. The maximum Gasteiger partial charge on any atom is 0.0383 e. The van der Waals surface area contributed by atoms with E-state index in [0.29, 0.717) is 6.04 Å². The van der Waals surface area contributed by atoms with Crippen LogP contribution in [0.3, 0.4) is 0 Å². The molecule has 0 aliphatic heterocycles. The molecule has 0 aliphatic rings. The number of hydrogen-bond acceptors (Lipinski definition) is 3. The lowest BCUT2D eigenvalue weighted by molar-refractivity contribution is 0.589. The Morgan fingerprint density at radius 3 is 2.73 bits per heavy atom. The number of pyridine rings is 1. The maximum absolute atomic E-state index is 11.0. The standard InChI is InChI=1S/C11H18N2OS/c1-10(9-15(2)14)13-8-5-11-3-6-12-7-4-11/h3-4,6-7,10,13H,5,8-9H2,1-2H3. The van der Waals surface area contributed by atoms with Crippen molar-refractivity contribution in [2.45, 2.75) is 19.4 Å². The molecule has 0 bridgehead atoms. The minimum Gasteiger partial charge on any atom is -0.313 e. The van der Waals surface area contributed by atoms with Gasteiger partial charge in [0.25, 0.3) is 0 Å². The van der Waals surface area contributed by atoms with E-state index in [4.69, 9.17) is 0 Å². The molecule has 1 N–H and O–H groups in total. The van der Waals surface area contributed by atoms with Gasteiger partial charge in [-0.25, -0.2) is 0 Å². The predicted octanol–water partition coefficient (Wildman–Crippen LogP) is 0.981. The van der Waals surface area contributed by atoms with Crippen LogP contribution in [0.25, 0.3) is 0 Å². The number of nitrogens with zero attached hydrogens (tertiary/aromatic N) is 1. The Hall–Kier alpha value is -0.740. The molecule has 84 valence electrons. The van der Waals surface area contributed by atoms with Crippen molar-refractivity contribution in [1.82, 2.24) is 10.3 Å². The molecule has 1 aromatic heterocycles. The van der Waals surface area contributed by atoms with Crippen LogP contribution in [0.15, 0.2) is 24.5 Å². The van der Waals surface area contributed by atoms with Gasteiger partial charge in [-0.3, -0.25) is 9.19 Å². The van der Waals surface area contributed by atoms with Crippen molar-refractivity contribution in [3.63, 3.8) is 0 Å². The van der Waals surface area contributed by atoms with Gasteiger partial charge in [-0.05, 0) is 37.6 Å². The lowest BCUT2D eigenvalue weighted by atomic mass is 10.2. The molecule has 1 rings (SSSR count). The summed E-state index contributed by atoms with van der Waals surface area (Å²) >= 11 is 0. The van der Waals surface area contributed by atoms with Crippen LogP contribution in [0.5, 0.6) is 0 Å². The third kappa shape index (κ3) is 5.64. The van der Waals surface area contributed by atoms with E-state index >= 15 is 0 Å². The monoisotopic (exact) mass is 226 g/mol. The Kier molecular flexibility index (Phi) is 5.50. The summed E-state index contributed by atoms with van der Waals surface area (Å²) in [4.78, 5) is 3.97. The number of aromatic nitrogens is 1. The highest BCUT2D eigenvalue weighted by molar-refractivity contribution is 7.84. The SMILES string of the molecule is CC(CS(C)=O)NCCc1ccncc1. The molecule has 15 heavy (non-hydrogen) atoms. The third-order valence-electron chi connectivity index (χ3n) is 2.14. The van der Waals surface area contributed by atoms with E-state index in [-0.39, 0.29) is 0 Å². The Labute approximate surface area is 93.8 Å². The highest BCUT2D eigenvalue weighted by Crippen LogP contribution is 1.96. The summed E-state index contributed by atoms with van der Waals surface area (Å²) < 4.78 is 11.0. The first kappa shape index (κ1) is 12.3. The van der Waals surface area contributed by atoms with Gasteiger partial charge in [0, 0.05) is 41.2 Å². The van der Waals surface area contributed by atoms with Gasteiger partial charge in [-0.15, -0.1) is 0 Å². The topological polar surface area (TPSA) is 42.0 Å². The van der Waals surface area contributed by atoms with E-state index < -0.39 is 10.8 Å². The normalized spacial score (nSPS) is 14.8. The summed E-state index contributed by atoms with van der Waals surface area (Å²) in [7, 11) is -0.716. The number of rotatable bonds is 6. The van der Waals surface area contributed by atoms with Gasteiger partial charge in [0.15, 0.2) is 0 Å². The van der Waals surface area contributed by atoms with Crippen molar-refractivity contribution in [2.75, 3.05) is 18.6 Å². The molecule has 0 aliphatic carbocycles. The average Bonchev–Trinajstić information content (AvgIpc) is 2.18. The molecule has 1 aromatic rings. The summed E-state index contributed by atoms with van der Waals surface area (Å²) in [6.07, 6.45) is 6.34. The Bertz CT molecular complexity index is 303. The minimum atomic E-state index is -0.716. The highest BCUT2D eigenvalue weighted by Gasteiger charge is 2.02. The van der Waals surface area contributed by atoms with Crippen LogP contribution in [-0.4, -0.2) is 33.8 Å². The van der Waals surface area contributed by atoms with Crippen molar-refractivity contribution in [2.24, 2.45) is 0 Å². The van der Waals surface area contributed by atoms with Crippen LogP contribution in [-0.2, 0) is 17.2 Å². The van der Waals surface area contributed by atoms with E-state index in [1.807, 2.05) is 12.1 Å². The molecule has 3 nitrogen and oxygen atoms in total. The van der Waals surface area contributed by atoms with E-state index in [1.165, 1.54) is 5.56 Å². The molecule has 0 fully saturated rings. The smallest absolute Gasteiger partial charge is 0.0383 e. The number of hydrogen-bond donors (Lipinski definition) is 1. The molecule has 0 saturated carbocycles. The van der Waals surface area contributed by atoms with Crippen molar-refractivity contribution in [1.29, 1.82) is 0 Å². The Morgan fingerprint density at radius 2 is 2.13 bits per heavy atom. The van der Waals surface area contributed by atoms with E-state index in [9.17, 15) is 4.21 Å². The van der Waals surface area contributed by atoms with Crippen LogP contribution in [0.4, 0.5) is 0 Å². The van der Waals surface area contributed by atoms with Gasteiger partial charge in [-0.2, -0.15) is 0 Å². The first-order valence-corrected chi connectivity index (χ1v) is 6.83. The second-order valence-electron chi connectivity index (χ2n) is 3.70. The summed E-state index contributed by atoms with van der Waals surface area (Å²) in [5.41, 5.74) is 1.28. The Balaban J connectivity index is 2.19.